The van der Waals surface area contributed by atoms with Crippen LogP contribution in [0.25, 0.3) is 0 Å². The summed E-state index contributed by atoms with van der Waals surface area (Å²) in [5, 5.41) is 3.22. The van der Waals surface area contributed by atoms with Crippen LogP contribution < -0.4 is 10.1 Å². The lowest BCUT2D eigenvalue weighted by molar-refractivity contribution is -0.137. The summed E-state index contributed by atoms with van der Waals surface area (Å²) >= 11 is 0. The number of hydrogen-bond donors (Lipinski definition) is 1. The van der Waals surface area contributed by atoms with E-state index >= 15 is 0 Å². The SMILES string of the molecule is Cl.FC(F)(F)c1ccnc(OCC2CCNCC2)c1. The number of nitrogens with zero attached hydrogens (tertiary/aromatic N) is 1. The first kappa shape index (κ1) is 16.0. The Kier molecular flexibility index (Phi) is 5.87. The normalized spacial score (nSPS) is 16.8. The number of piperidine rings is 1. The van der Waals surface area contributed by atoms with Crippen molar-refractivity contribution in [3.63, 3.8) is 0 Å². The molecule has 1 aliphatic heterocycles. The molecule has 1 fully saturated rings. The quantitative estimate of drug-likeness (QED) is 0.931. The van der Waals surface area contributed by atoms with Gasteiger partial charge in [-0.2, -0.15) is 13.2 Å². The maximum Gasteiger partial charge on any atom is 0.416 e. The Morgan fingerprint density at radius 1 is 1.32 bits per heavy atom. The van der Waals surface area contributed by atoms with Crippen LogP contribution in [0, 0.1) is 5.92 Å². The van der Waals surface area contributed by atoms with Gasteiger partial charge in [0.25, 0.3) is 0 Å². The highest BCUT2D eigenvalue weighted by molar-refractivity contribution is 5.85. The molecule has 0 bridgehead atoms. The smallest absolute Gasteiger partial charge is 0.416 e. The molecule has 1 saturated heterocycles. The van der Waals surface area contributed by atoms with Gasteiger partial charge in [-0.05, 0) is 37.9 Å². The van der Waals surface area contributed by atoms with Crippen LogP contribution in [0.4, 0.5) is 13.2 Å². The molecule has 7 heteroatoms. The fourth-order valence-corrected chi connectivity index (χ4v) is 1.92. The molecular weight excluding hydrogens is 281 g/mol. The van der Waals surface area contributed by atoms with E-state index in [4.69, 9.17) is 4.74 Å². The van der Waals surface area contributed by atoms with Crippen molar-refractivity contribution in [2.24, 2.45) is 5.92 Å². The van der Waals surface area contributed by atoms with Crippen LogP contribution in [-0.2, 0) is 6.18 Å². The molecule has 2 heterocycles. The van der Waals surface area contributed by atoms with Gasteiger partial charge in [0.05, 0.1) is 12.2 Å². The Hall–Kier alpha value is -1.01. The Morgan fingerprint density at radius 2 is 2.00 bits per heavy atom. The van der Waals surface area contributed by atoms with E-state index in [-0.39, 0.29) is 18.3 Å². The zero-order valence-electron chi connectivity index (χ0n) is 10.2. The Bertz CT molecular complexity index is 395. The van der Waals surface area contributed by atoms with Gasteiger partial charge >= 0.3 is 6.18 Å². The number of ether oxygens (including phenoxy) is 1. The summed E-state index contributed by atoms with van der Waals surface area (Å²) in [4.78, 5) is 3.80. The van der Waals surface area contributed by atoms with E-state index in [0.29, 0.717) is 12.5 Å². The standard InChI is InChI=1S/C12H15F3N2O.ClH/c13-12(14,15)10-3-6-17-11(7-10)18-8-9-1-4-16-5-2-9;/h3,6-7,9,16H,1-2,4-5,8H2;1H. The molecule has 0 aliphatic carbocycles. The molecule has 2 rings (SSSR count). The van der Waals surface area contributed by atoms with Crippen LogP contribution in [0.3, 0.4) is 0 Å². The minimum Gasteiger partial charge on any atom is -0.477 e. The molecule has 1 N–H and O–H groups in total. The lowest BCUT2D eigenvalue weighted by Gasteiger charge is -2.22. The molecule has 19 heavy (non-hydrogen) atoms. The molecule has 1 aliphatic rings. The van der Waals surface area contributed by atoms with E-state index in [1.54, 1.807) is 0 Å². The fourth-order valence-electron chi connectivity index (χ4n) is 1.92. The number of hydrogen-bond acceptors (Lipinski definition) is 3. The van der Waals surface area contributed by atoms with Gasteiger partial charge in [-0.25, -0.2) is 4.98 Å². The highest BCUT2D eigenvalue weighted by Gasteiger charge is 2.31. The summed E-state index contributed by atoms with van der Waals surface area (Å²) in [7, 11) is 0. The molecular formula is C12H16ClF3N2O. The minimum absolute atomic E-state index is 0. The van der Waals surface area contributed by atoms with Crippen molar-refractivity contribution in [2.75, 3.05) is 19.7 Å². The summed E-state index contributed by atoms with van der Waals surface area (Å²) in [6, 6.07) is 1.89. The molecule has 0 spiro atoms. The molecule has 0 unspecified atom stereocenters. The van der Waals surface area contributed by atoms with Crippen LogP contribution in [0.2, 0.25) is 0 Å². The minimum atomic E-state index is -4.35. The Morgan fingerprint density at radius 3 is 2.63 bits per heavy atom. The van der Waals surface area contributed by atoms with E-state index in [1.165, 1.54) is 0 Å². The van der Waals surface area contributed by atoms with Crippen molar-refractivity contribution in [1.82, 2.24) is 10.3 Å². The predicted molar refractivity (Wildman–Crippen MR) is 67.6 cm³/mol. The zero-order chi connectivity index (χ0) is 13.0. The van der Waals surface area contributed by atoms with Crippen LogP contribution in [0.1, 0.15) is 18.4 Å². The van der Waals surface area contributed by atoms with Crippen molar-refractivity contribution in [3.05, 3.63) is 23.9 Å². The second-order valence-corrected chi connectivity index (χ2v) is 4.38. The summed E-state index contributed by atoms with van der Waals surface area (Å²) in [5.41, 5.74) is -0.724. The summed E-state index contributed by atoms with van der Waals surface area (Å²) in [6.45, 7) is 2.30. The highest BCUT2D eigenvalue weighted by Crippen LogP contribution is 2.30. The number of nitrogens with one attached hydrogen (secondary N) is 1. The average molecular weight is 297 g/mol. The van der Waals surface area contributed by atoms with E-state index in [1.807, 2.05) is 0 Å². The third kappa shape index (κ3) is 4.87. The molecule has 1 aromatic rings. The molecule has 0 radical (unpaired) electrons. The van der Waals surface area contributed by atoms with Crippen molar-refractivity contribution in [3.8, 4) is 5.88 Å². The second kappa shape index (κ2) is 6.96. The van der Waals surface area contributed by atoms with Gasteiger partial charge in [0.2, 0.25) is 5.88 Å². The lowest BCUT2D eigenvalue weighted by Crippen LogP contribution is -2.30. The van der Waals surface area contributed by atoms with Gasteiger partial charge in [0.15, 0.2) is 0 Å². The average Bonchev–Trinajstić information content (AvgIpc) is 2.37. The molecule has 0 saturated carbocycles. The first-order valence-corrected chi connectivity index (χ1v) is 5.92. The van der Waals surface area contributed by atoms with E-state index in [2.05, 4.69) is 10.3 Å². The zero-order valence-corrected chi connectivity index (χ0v) is 11.1. The number of pyridine rings is 1. The van der Waals surface area contributed by atoms with Gasteiger partial charge in [-0.15, -0.1) is 12.4 Å². The van der Waals surface area contributed by atoms with Gasteiger partial charge in [-0.1, -0.05) is 0 Å². The first-order valence-electron chi connectivity index (χ1n) is 5.92. The van der Waals surface area contributed by atoms with Crippen molar-refractivity contribution >= 4 is 12.4 Å². The van der Waals surface area contributed by atoms with Crippen LogP contribution in [0.15, 0.2) is 18.3 Å². The number of aromatic nitrogens is 1. The van der Waals surface area contributed by atoms with E-state index < -0.39 is 11.7 Å². The molecule has 1 aromatic heterocycles. The Labute approximate surface area is 116 Å². The van der Waals surface area contributed by atoms with Crippen molar-refractivity contribution in [1.29, 1.82) is 0 Å². The molecule has 0 aromatic carbocycles. The first-order chi connectivity index (χ1) is 8.55. The van der Waals surface area contributed by atoms with Crippen LogP contribution in [0.5, 0.6) is 5.88 Å². The van der Waals surface area contributed by atoms with Crippen LogP contribution in [-0.4, -0.2) is 24.7 Å². The molecule has 108 valence electrons. The number of halogens is 4. The third-order valence-corrected chi connectivity index (χ3v) is 2.99. The van der Waals surface area contributed by atoms with Gasteiger partial charge in [0.1, 0.15) is 0 Å². The van der Waals surface area contributed by atoms with E-state index in [0.717, 1.165) is 44.3 Å². The number of alkyl halides is 3. The molecule has 0 amide bonds. The van der Waals surface area contributed by atoms with Crippen LogP contribution >= 0.6 is 12.4 Å². The summed E-state index contributed by atoms with van der Waals surface area (Å²) < 4.78 is 42.8. The summed E-state index contributed by atoms with van der Waals surface area (Å²) in [6.07, 6.45) is -1.26. The second-order valence-electron chi connectivity index (χ2n) is 4.38. The lowest BCUT2D eigenvalue weighted by atomic mass is 9.99. The van der Waals surface area contributed by atoms with Gasteiger partial charge in [-0.3, -0.25) is 0 Å². The maximum atomic E-state index is 12.5. The summed E-state index contributed by atoms with van der Waals surface area (Å²) in [5.74, 6) is 0.436. The topological polar surface area (TPSA) is 34.1 Å². The third-order valence-electron chi connectivity index (χ3n) is 2.99. The van der Waals surface area contributed by atoms with Crippen molar-refractivity contribution in [2.45, 2.75) is 19.0 Å². The van der Waals surface area contributed by atoms with Crippen molar-refractivity contribution < 1.29 is 17.9 Å². The van der Waals surface area contributed by atoms with E-state index in [9.17, 15) is 13.2 Å². The largest absolute Gasteiger partial charge is 0.477 e. The fraction of sp³-hybridized carbons (Fsp3) is 0.583. The maximum absolute atomic E-state index is 12.5. The van der Waals surface area contributed by atoms with Gasteiger partial charge in [0, 0.05) is 12.3 Å². The molecule has 0 atom stereocenters. The predicted octanol–water partition coefficient (Wildman–Crippen LogP) is 2.90. The molecule has 3 nitrogen and oxygen atoms in total. The Balaban J connectivity index is 0.00000180. The number of rotatable bonds is 3. The monoisotopic (exact) mass is 296 g/mol. The highest BCUT2D eigenvalue weighted by atomic mass is 35.5. The van der Waals surface area contributed by atoms with Gasteiger partial charge < -0.3 is 10.1 Å².